The number of hydrogen-bond acceptors (Lipinski definition) is 7. The number of rotatable bonds is 11. The van der Waals surface area contributed by atoms with Crippen molar-refractivity contribution >= 4 is 15.9 Å². The molecule has 0 aliphatic carbocycles. The number of ether oxygens (including phenoxy) is 1. The Morgan fingerprint density at radius 3 is 2.61 bits per heavy atom. The fourth-order valence-electron chi connectivity index (χ4n) is 2.74. The molecule has 0 fully saturated rings. The zero-order valence-electron chi connectivity index (χ0n) is 17.1. The van der Waals surface area contributed by atoms with E-state index in [0.717, 1.165) is 19.3 Å². The molecule has 3 rings (SSSR count). The van der Waals surface area contributed by atoms with Crippen LogP contribution in [0.1, 0.15) is 43.0 Å². The molecule has 1 aromatic heterocycles. The van der Waals surface area contributed by atoms with Crippen molar-refractivity contribution in [3.63, 3.8) is 0 Å². The van der Waals surface area contributed by atoms with Crippen LogP contribution in [-0.2, 0) is 10.0 Å². The molecule has 2 aromatic carbocycles. The van der Waals surface area contributed by atoms with Crippen molar-refractivity contribution in [2.24, 2.45) is 0 Å². The van der Waals surface area contributed by atoms with Crippen LogP contribution in [0, 0.1) is 0 Å². The fraction of sp³-hybridized carbons (Fsp3) is 0.300. The Labute approximate surface area is 180 Å². The van der Waals surface area contributed by atoms with Gasteiger partial charge >= 0.3 is 0 Å². The lowest BCUT2D eigenvalue weighted by Gasteiger charge is -2.10. The zero-order valence-corrected chi connectivity index (χ0v) is 17.9. The second-order valence-electron chi connectivity index (χ2n) is 6.74. The number of aromatic nitrogens is 4. The number of sulfonamides is 1. The van der Waals surface area contributed by atoms with E-state index in [4.69, 9.17) is 4.74 Å². The normalized spacial score (nSPS) is 11.3. The van der Waals surface area contributed by atoms with E-state index in [-0.39, 0.29) is 4.90 Å². The van der Waals surface area contributed by atoms with Crippen LogP contribution in [0.4, 0.5) is 0 Å². The topological polar surface area (TPSA) is 128 Å². The van der Waals surface area contributed by atoms with Gasteiger partial charge in [0.25, 0.3) is 15.9 Å². The second-order valence-corrected chi connectivity index (χ2v) is 8.43. The first kappa shape index (κ1) is 22.4. The van der Waals surface area contributed by atoms with E-state index < -0.39 is 15.9 Å². The maximum absolute atomic E-state index is 12.5. The number of nitrogens with zero attached hydrogens (tertiary/aromatic N) is 4. The molecule has 0 bridgehead atoms. The monoisotopic (exact) mass is 444 g/mol. The summed E-state index contributed by atoms with van der Waals surface area (Å²) in [6.07, 6.45) is 5.79. The number of amides is 1. The van der Waals surface area contributed by atoms with Gasteiger partial charge in [-0.2, -0.15) is 0 Å². The lowest BCUT2D eigenvalue weighted by atomic mass is 10.2. The Balaban J connectivity index is 1.55. The maximum atomic E-state index is 12.5. The minimum absolute atomic E-state index is 0.0485. The summed E-state index contributed by atoms with van der Waals surface area (Å²) in [5.74, 6) is 0.0720. The Hall–Kier alpha value is -3.31. The van der Waals surface area contributed by atoms with Crippen LogP contribution in [0.25, 0.3) is 5.69 Å². The first-order valence-electron chi connectivity index (χ1n) is 9.88. The van der Waals surface area contributed by atoms with Crippen molar-refractivity contribution in [3.05, 3.63) is 60.4 Å². The average Bonchev–Trinajstić information content (AvgIpc) is 3.33. The van der Waals surface area contributed by atoms with E-state index >= 15 is 0 Å². The van der Waals surface area contributed by atoms with Gasteiger partial charge in [-0.25, -0.2) is 13.1 Å². The zero-order chi connectivity index (χ0) is 22.1. The van der Waals surface area contributed by atoms with Gasteiger partial charge in [0.15, 0.2) is 0 Å². The van der Waals surface area contributed by atoms with Crippen molar-refractivity contribution < 1.29 is 17.9 Å². The molecule has 1 amide bonds. The molecule has 0 atom stereocenters. The Morgan fingerprint density at radius 2 is 1.90 bits per heavy atom. The van der Waals surface area contributed by atoms with Crippen LogP contribution in [-0.4, -0.2) is 41.1 Å². The number of hydrogen-bond donors (Lipinski definition) is 2. The van der Waals surface area contributed by atoms with Crippen molar-refractivity contribution in [2.45, 2.75) is 37.5 Å². The summed E-state index contributed by atoms with van der Waals surface area (Å²) < 4.78 is 32.0. The summed E-state index contributed by atoms with van der Waals surface area (Å²) in [5.41, 5.74) is 2.97. The largest absolute Gasteiger partial charge is 0.494 e. The fourth-order valence-corrected chi connectivity index (χ4v) is 3.62. The van der Waals surface area contributed by atoms with Crippen molar-refractivity contribution in [3.8, 4) is 11.4 Å². The predicted octanol–water partition coefficient (Wildman–Crippen LogP) is 2.24. The molecule has 0 aliphatic heterocycles. The number of carbonyl (C=O) groups is 1. The number of nitrogens with one attached hydrogen (secondary N) is 2. The molecular weight excluding hydrogens is 420 g/mol. The third-order valence-electron chi connectivity index (χ3n) is 4.42. The highest BCUT2D eigenvalue weighted by Crippen LogP contribution is 2.15. The van der Waals surface area contributed by atoms with Gasteiger partial charge in [-0.05, 0) is 59.3 Å². The lowest BCUT2D eigenvalue weighted by Crippen LogP contribution is -2.41. The van der Waals surface area contributed by atoms with Crippen molar-refractivity contribution in [2.75, 3.05) is 6.61 Å². The third-order valence-corrected chi connectivity index (χ3v) is 5.67. The molecule has 164 valence electrons. The van der Waals surface area contributed by atoms with Gasteiger partial charge in [0.1, 0.15) is 12.1 Å². The lowest BCUT2D eigenvalue weighted by molar-refractivity contribution is 0.0945. The molecule has 11 heteroatoms. The van der Waals surface area contributed by atoms with E-state index in [1.165, 1.54) is 29.6 Å². The Bertz CT molecular complexity index is 1090. The van der Waals surface area contributed by atoms with E-state index in [0.29, 0.717) is 23.6 Å². The molecule has 0 radical (unpaired) electrons. The van der Waals surface area contributed by atoms with Crippen molar-refractivity contribution in [1.82, 2.24) is 30.5 Å². The molecule has 0 saturated carbocycles. The van der Waals surface area contributed by atoms with Crippen molar-refractivity contribution in [1.29, 1.82) is 0 Å². The van der Waals surface area contributed by atoms with Crippen LogP contribution >= 0.6 is 0 Å². The van der Waals surface area contributed by atoms with Crippen LogP contribution < -0.4 is 15.0 Å². The number of unbranched alkanes of at least 4 members (excludes halogenated alkanes) is 3. The summed E-state index contributed by atoms with van der Waals surface area (Å²) in [7, 11) is -3.99. The molecule has 0 saturated heterocycles. The standard InChI is InChI=1S/C20H24N6O4S/c1-2-3-4-5-13-30-18-11-9-16(10-12-18)20(27)22-25-31(28,29)19-8-6-7-17(14-19)26-15-21-23-24-26/h6-12,14-15,25H,2-5,13H2,1H3,(H,22,27). The van der Waals surface area contributed by atoms with Crippen LogP contribution in [0.3, 0.4) is 0 Å². The molecule has 1 heterocycles. The highest BCUT2D eigenvalue weighted by Gasteiger charge is 2.17. The Kier molecular flexibility index (Phi) is 7.68. The molecule has 0 aliphatic rings. The summed E-state index contributed by atoms with van der Waals surface area (Å²) in [4.78, 5) is 14.4. The average molecular weight is 445 g/mol. The first-order chi connectivity index (χ1) is 15.0. The SMILES string of the molecule is CCCCCCOc1ccc(C(=O)NNS(=O)(=O)c2cccc(-n3cnnn3)c2)cc1. The highest BCUT2D eigenvalue weighted by atomic mass is 32.2. The van der Waals surface area contributed by atoms with E-state index in [2.05, 4.69) is 32.7 Å². The maximum Gasteiger partial charge on any atom is 0.266 e. The van der Waals surface area contributed by atoms with Gasteiger partial charge in [-0.3, -0.25) is 10.2 Å². The highest BCUT2D eigenvalue weighted by molar-refractivity contribution is 7.89. The molecule has 31 heavy (non-hydrogen) atoms. The first-order valence-corrected chi connectivity index (χ1v) is 11.4. The smallest absolute Gasteiger partial charge is 0.266 e. The minimum Gasteiger partial charge on any atom is -0.494 e. The van der Waals surface area contributed by atoms with Gasteiger partial charge in [-0.1, -0.05) is 32.3 Å². The van der Waals surface area contributed by atoms with Gasteiger partial charge in [0.2, 0.25) is 0 Å². The van der Waals surface area contributed by atoms with E-state index in [1.54, 1.807) is 36.4 Å². The number of carbonyl (C=O) groups excluding carboxylic acids is 1. The molecule has 0 unspecified atom stereocenters. The van der Waals surface area contributed by atoms with Gasteiger partial charge in [0.05, 0.1) is 17.2 Å². The quantitative estimate of drug-likeness (QED) is 0.343. The van der Waals surface area contributed by atoms with Crippen LogP contribution in [0.15, 0.2) is 59.8 Å². The molecule has 2 N–H and O–H groups in total. The van der Waals surface area contributed by atoms with Gasteiger partial charge < -0.3 is 4.74 Å². The summed E-state index contributed by atoms with van der Waals surface area (Å²) in [6.45, 7) is 2.77. The minimum atomic E-state index is -3.99. The molecule has 10 nitrogen and oxygen atoms in total. The van der Waals surface area contributed by atoms with Gasteiger partial charge in [-0.15, -0.1) is 9.93 Å². The van der Waals surface area contributed by atoms with E-state index in [9.17, 15) is 13.2 Å². The molecule has 0 spiro atoms. The molecule has 3 aromatic rings. The second kappa shape index (κ2) is 10.6. The number of tetrazole rings is 1. The summed E-state index contributed by atoms with van der Waals surface area (Å²) in [6, 6.07) is 12.5. The third kappa shape index (κ3) is 6.33. The van der Waals surface area contributed by atoms with E-state index in [1.807, 2.05) is 0 Å². The van der Waals surface area contributed by atoms with Crippen LogP contribution in [0.5, 0.6) is 5.75 Å². The predicted molar refractivity (Wildman–Crippen MR) is 113 cm³/mol. The summed E-state index contributed by atoms with van der Waals surface area (Å²) >= 11 is 0. The Morgan fingerprint density at radius 1 is 1.10 bits per heavy atom. The number of benzene rings is 2. The number of hydrazine groups is 1. The van der Waals surface area contributed by atoms with Gasteiger partial charge in [0, 0.05) is 5.56 Å². The van der Waals surface area contributed by atoms with Crippen LogP contribution in [0.2, 0.25) is 0 Å². The molecular formula is C20H24N6O4S. The summed E-state index contributed by atoms with van der Waals surface area (Å²) in [5, 5.41) is 10.8.